The third-order valence-electron chi connectivity index (χ3n) is 4.75. The van der Waals surface area contributed by atoms with Crippen LogP contribution in [-0.4, -0.2) is 14.1 Å². The maximum Gasteiger partial charge on any atom is 0.271 e. The molecule has 136 valence electrons. The van der Waals surface area contributed by atoms with Crippen molar-refractivity contribution >= 4 is 33.5 Å². The SMILES string of the molecule is CC(C)c1nc2c(c(=O)c3ccccc3n2C)c(=O)n1-c1ccccc1Cl. The molecule has 0 spiro atoms. The summed E-state index contributed by atoms with van der Waals surface area (Å²) in [6, 6.07) is 14.3. The number of pyridine rings is 1. The molecule has 2 aromatic heterocycles. The molecular formula is C21H18ClN3O2. The van der Waals surface area contributed by atoms with Crippen LogP contribution in [0.25, 0.3) is 27.6 Å². The Morgan fingerprint density at radius 2 is 1.67 bits per heavy atom. The molecule has 0 aliphatic heterocycles. The number of hydrogen-bond donors (Lipinski definition) is 0. The molecule has 5 nitrogen and oxygen atoms in total. The molecule has 27 heavy (non-hydrogen) atoms. The fourth-order valence-corrected chi connectivity index (χ4v) is 3.65. The highest BCUT2D eigenvalue weighted by molar-refractivity contribution is 6.32. The first-order valence-corrected chi connectivity index (χ1v) is 9.09. The van der Waals surface area contributed by atoms with Crippen LogP contribution in [0.3, 0.4) is 0 Å². The van der Waals surface area contributed by atoms with Crippen LogP contribution in [0.1, 0.15) is 25.6 Å². The molecule has 0 amide bonds. The van der Waals surface area contributed by atoms with E-state index < -0.39 is 5.56 Å². The van der Waals surface area contributed by atoms with Gasteiger partial charge in [-0.3, -0.25) is 14.2 Å². The Kier molecular flexibility index (Phi) is 4.12. The van der Waals surface area contributed by atoms with E-state index >= 15 is 0 Å². The van der Waals surface area contributed by atoms with Crippen LogP contribution >= 0.6 is 11.6 Å². The van der Waals surface area contributed by atoms with Crippen molar-refractivity contribution in [2.75, 3.05) is 0 Å². The maximum absolute atomic E-state index is 13.5. The number of para-hydroxylation sites is 2. The molecule has 0 aliphatic rings. The summed E-state index contributed by atoms with van der Waals surface area (Å²) in [6.07, 6.45) is 0. The Morgan fingerprint density at radius 1 is 1.00 bits per heavy atom. The van der Waals surface area contributed by atoms with Crippen molar-refractivity contribution in [1.29, 1.82) is 0 Å². The van der Waals surface area contributed by atoms with E-state index in [1.54, 1.807) is 41.0 Å². The van der Waals surface area contributed by atoms with Gasteiger partial charge >= 0.3 is 0 Å². The fourth-order valence-electron chi connectivity index (χ4n) is 3.43. The minimum absolute atomic E-state index is 0.0417. The van der Waals surface area contributed by atoms with Crippen LogP contribution in [0, 0.1) is 0 Å². The van der Waals surface area contributed by atoms with Gasteiger partial charge in [0, 0.05) is 18.4 Å². The molecule has 0 radical (unpaired) electrons. The van der Waals surface area contributed by atoms with Crippen LogP contribution in [-0.2, 0) is 7.05 Å². The van der Waals surface area contributed by atoms with Gasteiger partial charge in [0.1, 0.15) is 11.2 Å². The molecule has 4 aromatic rings. The predicted molar refractivity (Wildman–Crippen MR) is 109 cm³/mol. The molecule has 0 saturated carbocycles. The molecule has 0 unspecified atom stereocenters. The van der Waals surface area contributed by atoms with Crippen molar-refractivity contribution < 1.29 is 0 Å². The van der Waals surface area contributed by atoms with E-state index in [4.69, 9.17) is 16.6 Å². The lowest BCUT2D eigenvalue weighted by molar-refractivity contribution is 0.716. The van der Waals surface area contributed by atoms with E-state index in [0.717, 1.165) is 5.52 Å². The zero-order valence-electron chi connectivity index (χ0n) is 15.2. The summed E-state index contributed by atoms with van der Waals surface area (Å²) in [5.41, 5.74) is 0.941. The zero-order chi connectivity index (χ0) is 19.3. The first-order valence-electron chi connectivity index (χ1n) is 8.71. The second kappa shape index (κ2) is 6.35. The minimum Gasteiger partial charge on any atom is -0.328 e. The van der Waals surface area contributed by atoms with Crippen molar-refractivity contribution in [1.82, 2.24) is 14.1 Å². The Labute approximate surface area is 160 Å². The van der Waals surface area contributed by atoms with Crippen molar-refractivity contribution in [3.63, 3.8) is 0 Å². The number of nitrogens with zero attached hydrogens (tertiary/aromatic N) is 3. The van der Waals surface area contributed by atoms with Crippen LogP contribution in [0.4, 0.5) is 0 Å². The van der Waals surface area contributed by atoms with Gasteiger partial charge in [0.2, 0.25) is 5.43 Å². The number of benzene rings is 2. The first-order chi connectivity index (χ1) is 12.9. The Balaban J connectivity index is 2.29. The molecule has 0 fully saturated rings. The van der Waals surface area contributed by atoms with E-state index in [9.17, 15) is 9.59 Å². The van der Waals surface area contributed by atoms with Crippen molar-refractivity contribution in [3.8, 4) is 5.69 Å². The van der Waals surface area contributed by atoms with Crippen LogP contribution in [0.5, 0.6) is 0 Å². The van der Waals surface area contributed by atoms with E-state index in [0.29, 0.717) is 27.6 Å². The number of aryl methyl sites for hydroxylation is 1. The van der Waals surface area contributed by atoms with Crippen LogP contribution < -0.4 is 11.0 Å². The Hall–Kier alpha value is -2.92. The lowest BCUT2D eigenvalue weighted by Gasteiger charge is -2.18. The van der Waals surface area contributed by atoms with Gasteiger partial charge in [-0.05, 0) is 24.3 Å². The minimum atomic E-state index is -0.400. The molecule has 0 bridgehead atoms. The topological polar surface area (TPSA) is 56.9 Å². The summed E-state index contributed by atoms with van der Waals surface area (Å²) in [6.45, 7) is 3.92. The molecule has 0 atom stereocenters. The van der Waals surface area contributed by atoms with Gasteiger partial charge in [0.25, 0.3) is 5.56 Å². The molecule has 0 aliphatic carbocycles. The fraction of sp³-hybridized carbons (Fsp3) is 0.190. The summed E-state index contributed by atoms with van der Waals surface area (Å²) in [5, 5.41) is 0.996. The zero-order valence-corrected chi connectivity index (χ0v) is 16.0. The highest BCUT2D eigenvalue weighted by atomic mass is 35.5. The van der Waals surface area contributed by atoms with E-state index in [1.165, 1.54) is 4.57 Å². The first kappa shape index (κ1) is 17.5. The second-order valence-corrected chi connectivity index (χ2v) is 7.23. The third kappa shape index (κ3) is 2.58. The summed E-state index contributed by atoms with van der Waals surface area (Å²) in [4.78, 5) is 31.3. The van der Waals surface area contributed by atoms with Crippen LogP contribution in [0.2, 0.25) is 5.02 Å². The third-order valence-corrected chi connectivity index (χ3v) is 5.07. The average molecular weight is 380 g/mol. The lowest BCUT2D eigenvalue weighted by Crippen LogP contribution is -2.30. The predicted octanol–water partition coefficient (Wildman–Crippen LogP) is 4.01. The standard InChI is InChI=1S/C21H18ClN3O2/c1-12(2)19-23-20-17(18(26)13-8-4-6-10-15(13)24(20)3)21(27)25(19)16-11-7-5-9-14(16)22/h4-12H,1-3H3. The normalized spacial score (nSPS) is 11.6. The number of rotatable bonds is 2. The number of hydrogen-bond acceptors (Lipinski definition) is 3. The molecule has 2 heterocycles. The van der Waals surface area contributed by atoms with E-state index in [1.807, 2.05) is 33.0 Å². The lowest BCUT2D eigenvalue weighted by atomic mass is 10.1. The molecule has 6 heteroatoms. The Bertz CT molecular complexity index is 1320. The van der Waals surface area contributed by atoms with Gasteiger partial charge in [-0.1, -0.05) is 49.7 Å². The quantitative estimate of drug-likeness (QED) is 0.494. The average Bonchev–Trinajstić information content (AvgIpc) is 2.66. The van der Waals surface area contributed by atoms with Gasteiger partial charge < -0.3 is 4.57 Å². The molecule has 0 saturated heterocycles. The molecule has 4 rings (SSSR count). The molecular weight excluding hydrogens is 362 g/mol. The number of aromatic nitrogens is 3. The largest absolute Gasteiger partial charge is 0.328 e. The van der Waals surface area contributed by atoms with Crippen molar-refractivity contribution in [3.05, 3.63) is 80.0 Å². The van der Waals surface area contributed by atoms with Gasteiger partial charge in [0.15, 0.2) is 5.65 Å². The highest BCUT2D eigenvalue weighted by Crippen LogP contribution is 2.24. The summed E-state index contributed by atoms with van der Waals surface area (Å²) >= 11 is 6.35. The van der Waals surface area contributed by atoms with Gasteiger partial charge in [-0.2, -0.15) is 0 Å². The number of halogens is 1. The molecule has 2 aromatic carbocycles. The second-order valence-electron chi connectivity index (χ2n) is 6.82. The van der Waals surface area contributed by atoms with E-state index in [2.05, 4.69) is 0 Å². The Morgan fingerprint density at radius 3 is 2.37 bits per heavy atom. The van der Waals surface area contributed by atoms with Gasteiger partial charge in [0.05, 0.1) is 16.2 Å². The summed E-state index contributed by atoms with van der Waals surface area (Å²) < 4.78 is 3.27. The van der Waals surface area contributed by atoms with Gasteiger partial charge in [-0.15, -0.1) is 0 Å². The van der Waals surface area contributed by atoms with Crippen molar-refractivity contribution in [2.45, 2.75) is 19.8 Å². The summed E-state index contributed by atoms with van der Waals surface area (Å²) in [5.74, 6) is 0.519. The van der Waals surface area contributed by atoms with Gasteiger partial charge in [-0.25, -0.2) is 4.98 Å². The van der Waals surface area contributed by atoms with Crippen LogP contribution in [0.15, 0.2) is 58.1 Å². The monoisotopic (exact) mass is 379 g/mol. The molecule has 0 N–H and O–H groups in total. The smallest absolute Gasteiger partial charge is 0.271 e. The maximum atomic E-state index is 13.5. The number of fused-ring (bicyclic) bond motifs is 2. The van der Waals surface area contributed by atoms with Crippen molar-refractivity contribution in [2.24, 2.45) is 7.05 Å². The highest BCUT2D eigenvalue weighted by Gasteiger charge is 2.21. The summed E-state index contributed by atoms with van der Waals surface area (Å²) in [7, 11) is 1.82. The van der Waals surface area contributed by atoms with E-state index in [-0.39, 0.29) is 16.7 Å².